The van der Waals surface area contributed by atoms with Gasteiger partial charge in [-0.1, -0.05) is 45.9 Å². The van der Waals surface area contributed by atoms with E-state index in [0.29, 0.717) is 29.7 Å². The lowest BCUT2D eigenvalue weighted by Crippen LogP contribution is -2.58. The summed E-state index contributed by atoms with van der Waals surface area (Å²) in [7, 11) is 0. The van der Waals surface area contributed by atoms with E-state index in [9.17, 15) is 5.11 Å². The Morgan fingerprint density at radius 1 is 1.24 bits per heavy atom. The highest BCUT2D eigenvalue weighted by molar-refractivity contribution is 5.31. The van der Waals surface area contributed by atoms with Crippen LogP contribution in [0.5, 0.6) is 5.75 Å². The van der Waals surface area contributed by atoms with Gasteiger partial charge >= 0.3 is 0 Å². The average molecular weight is 290 g/mol. The highest BCUT2D eigenvalue weighted by Gasteiger charge is 2.30. The molecule has 2 rings (SSSR count). The van der Waals surface area contributed by atoms with Gasteiger partial charge in [0, 0.05) is 37.3 Å². The van der Waals surface area contributed by atoms with Crippen molar-refractivity contribution in [1.29, 1.82) is 0 Å². The molecule has 1 fully saturated rings. The second-order valence-corrected chi connectivity index (χ2v) is 7.10. The molecule has 1 aliphatic heterocycles. The van der Waals surface area contributed by atoms with Gasteiger partial charge in [-0.15, -0.1) is 0 Å². The Kier molecular flexibility index (Phi) is 5.65. The van der Waals surface area contributed by atoms with Crippen LogP contribution in [0.4, 0.5) is 0 Å². The van der Waals surface area contributed by atoms with Gasteiger partial charge in [-0.25, -0.2) is 0 Å². The van der Waals surface area contributed by atoms with E-state index in [2.05, 4.69) is 37.9 Å². The molecule has 3 nitrogen and oxygen atoms in total. The standard InChI is InChI=1S/C18H30N2O/c1-13(2)9-16-12-20(17(10-19-16)14(3)4)11-15-7-5-6-8-18(15)21/h5-8,13-14,16-17,19,21H,9-12H2,1-4H3/t16-,17-/m0/s1. The van der Waals surface area contributed by atoms with Crippen molar-refractivity contribution in [2.24, 2.45) is 11.8 Å². The predicted octanol–water partition coefficient (Wildman–Crippen LogP) is 3.24. The van der Waals surface area contributed by atoms with Gasteiger partial charge in [0.15, 0.2) is 0 Å². The van der Waals surface area contributed by atoms with E-state index >= 15 is 0 Å². The van der Waals surface area contributed by atoms with Crippen LogP contribution < -0.4 is 5.32 Å². The number of hydrogen-bond donors (Lipinski definition) is 2. The Labute approximate surface area is 129 Å². The topological polar surface area (TPSA) is 35.5 Å². The first-order valence-corrected chi connectivity index (χ1v) is 8.21. The van der Waals surface area contributed by atoms with Crippen LogP contribution in [-0.2, 0) is 6.54 Å². The SMILES string of the molecule is CC(C)C[C@H]1CN(Cc2ccccc2O)[C@H](C(C)C)CN1. The lowest BCUT2D eigenvalue weighted by molar-refractivity contribution is 0.0844. The summed E-state index contributed by atoms with van der Waals surface area (Å²) in [6, 6.07) is 8.81. The van der Waals surface area contributed by atoms with Crippen molar-refractivity contribution in [3.05, 3.63) is 29.8 Å². The number of para-hydroxylation sites is 1. The van der Waals surface area contributed by atoms with Crippen molar-refractivity contribution >= 4 is 0 Å². The van der Waals surface area contributed by atoms with E-state index in [0.717, 1.165) is 25.2 Å². The summed E-state index contributed by atoms with van der Waals surface area (Å²) in [5, 5.41) is 13.7. The number of phenols is 1. The van der Waals surface area contributed by atoms with Crippen LogP contribution in [0.2, 0.25) is 0 Å². The fourth-order valence-electron chi connectivity index (χ4n) is 3.33. The van der Waals surface area contributed by atoms with Gasteiger partial charge in [-0.05, 0) is 24.3 Å². The molecule has 1 aromatic rings. The summed E-state index contributed by atoms with van der Waals surface area (Å²) >= 11 is 0. The largest absolute Gasteiger partial charge is 0.508 e. The molecule has 2 atom stereocenters. The molecule has 118 valence electrons. The van der Waals surface area contributed by atoms with Crippen LogP contribution in [0.1, 0.15) is 39.7 Å². The van der Waals surface area contributed by atoms with Crippen molar-refractivity contribution in [2.75, 3.05) is 13.1 Å². The van der Waals surface area contributed by atoms with Gasteiger partial charge in [0.25, 0.3) is 0 Å². The van der Waals surface area contributed by atoms with E-state index in [-0.39, 0.29) is 0 Å². The number of rotatable bonds is 5. The first-order chi connectivity index (χ1) is 9.97. The van der Waals surface area contributed by atoms with Crippen LogP contribution in [0, 0.1) is 11.8 Å². The van der Waals surface area contributed by atoms with Gasteiger partial charge in [-0.3, -0.25) is 4.90 Å². The highest BCUT2D eigenvalue weighted by atomic mass is 16.3. The second kappa shape index (κ2) is 7.28. The molecule has 0 amide bonds. The molecule has 0 spiro atoms. The maximum Gasteiger partial charge on any atom is 0.120 e. The zero-order valence-electron chi connectivity index (χ0n) is 13.8. The summed E-state index contributed by atoms with van der Waals surface area (Å²) in [5.41, 5.74) is 1.04. The summed E-state index contributed by atoms with van der Waals surface area (Å²) in [6.07, 6.45) is 1.21. The molecule has 1 heterocycles. The van der Waals surface area contributed by atoms with Gasteiger partial charge in [0.05, 0.1) is 0 Å². The monoisotopic (exact) mass is 290 g/mol. The molecule has 0 aliphatic carbocycles. The summed E-state index contributed by atoms with van der Waals surface area (Å²) in [4.78, 5) is 2.54. The molecular weight excluding hydrogens is 260 g/mol. The van der Waals surface area contributed by atoms with E-state index in [1.165, 1.54) is 6.42 Å². The van der Waals surface area contributed by atoms with E-state index < -0.39 is 0 Å². The molecule has 2 N–H and O–H groups in total. The Morgan fingerprint density at radius 3 is 2.57 bits per heavy atom. The maximum absolute atomic E-state index is 10.0. The Hall–Kier alpha value is -1.06. The Balaban J connectivity index is 2.09. The zero-order valence-corrected chi connectivity index (χ0v) is 13.8. The molecule has 1 saturated heterocycles. The minimum atomic E-state index is 0.416. The van der Waals surface area contributed by atoms with Gasteiger partial charge in [0.2, 0.25) is 0 Å². The third-order valence-electron chi connectivity index (χ3n) is 4.43. The van der Waals surface area contributed by atoms with E-state index in [1.807, 2.05) is 18.2 Å². The molecular formula is C18H30N2O. The first kappa shape index (κ1) is 16.3. The van der Waals surface area contributed by atoms with E-state index in [1.54, 1.807) is 6.07 Å². The maximum atomic E-state index is 10.0. The summed E-state index contributed by atoms with van der Waals surface area (Å²) in [6.45, 7) is 12.1. The lowest BCUT2D eigenvalue weighted by atomic mass is 9.94. The number of aromatic hydroxyl groups is 1. The predicted molar refractivity (Wildman–Crippen MR) is 88.4 cm³/mol. The minimum Gasteiger partial charge on any atom is -0.508 e. The first-order valence-electron chi connectivity index (χ1n) is 8.21. The van der Waals surface area contributed by atoms with Crippen LogP contribution >= 0.6 is 0 Å². The molecule has 0 bridgehead atoms. The van der Waals surface area contributed by atoms with Gasteiger partial charge in [-0.2, -0.15) is 0 Å². The normalized spacial score (nSPS) is 23.9. The number of piperazine rings is 1. The van der Waals surface area contributed by atoms with Crippen molar-refractivity contribution in [2.45, 2.75) is 52.7 Å². The Morgan fingerprint density at radius 2 is 1.95 bits per heavy atom. The lowest BCUT2D eigenvalue weighted by Gasteiger charge is -2.43. The molecule has 21 heavy (non-hydrogen) atoms. The van der Waals surface area contributed by atoms with Crippen LogP contribution in [0.15, 0.2) is 24.3 Å². The highest BCUT2D eigenvalue weighted by Crippen LogP contribution is 2.24. The number of nitrogens with zero attached hydrogens (tertiary/aromatic N) is 1. The smallest absolute Gasteiger partial charge is 0.120 e. The van der Waals surface area contributed by atoms with Crippen molar-refractivity contribution in [3.8, 4) is 5.75 Å². The van der Waals surface area contributed by atoms with E-state index in [4.69, 9.17) is 0 Å². The second-order valence-electron chi connectivity index (χ2n) is 7.10. The molecule has 0 radical (unpaired) electrons. The van der Waals surface area contributed by atoms with Crippen molar-refractivity contribution in [1.82, 2.24) is 10.2 Å². The number of hydrogen-bond acceptors (Lipinski definition) is 3. The molecule has 3 heteroatoms. The molecule has 1 aromatic carbocycles. The molecule has 0 aromatic heterocycles. The molecule has 1 aliphatic rings. The van der Waals surface area contributed by atoms with Crippen LogP contribution in [-0.4, -0.2) is 35.2 Å². The van der Waals surface area contributed by atoms with Crippen LogP contribution in [0.25, 0.3) is 0 Å². The summed E-state index contributed by atoms with van der Waals surface area (Å²) < 4.78 is 0. The summed E-state index contributed by atoms with van der Waals surface area (Å²) in [5.74, 6) is 1.74. The Bertz CT molecular complexity index is 445. The fourth-order valence-corrected chi connectivity index (χ4v) is 3.33. The zero-order chi connectivity index (χ0) is 15.4. The number of benzene rings is 1. The molecule has 0 unspecified atom stereocenters. The number of phenolic OH excluding ortho intramolecular Hbond substituents is 1. The molecule has 0 saturated carbocycles. The third kappa shape index (κ3) is 4.45. The third-order valence-corrected chi connectivity index (χ3v) is 4.43. The average Bonchev–Trinajstić information content (AvgIpc) is 2.40. The van der Waals surface area contributed by atoms with Gasteiger partial charge < -0.3 is 10.4 Å². The number of nitrogens with one attached hydrogen (secondary N) is 1. The van der Waals surface area contributed by atoms with Crippen molar-refractivity contribution in [3.63, 3.8) is 0 Å². The van der Waals surface area contributed by atoms with Crippen molar-refractivity contribution < 1.29 is 5.11 Å². The fraction of sp³-hybridized carbons (Fsp3) is 0.667. The van der Waals surface area contributed by atoms with Gasteiger partial charge in [0.1, 0.15) is 5.75 Å². The quantitative estimate of drug-likeness (QED) is 0.874. The van der Waals surface area contributed by atoms with Crippen LogP contribution in [0.3, 0.4) is 0 Å². The minimum absolute atomic E-state index is 0.416.